The summed E-state index contributed by atoms with van der Waals surface area (Å²) in [7, 11) is 0. The lowest BCUT2D eigenvalue weighted by atomic mass is 10.2. The Morgan fingerprint density at radius 2 is 1.95 bits per heavy atom. The number of aryl methyl sites for hydroxylation is 1. The van der Waals surface area contributed by atoms with Gasteiger partial charge in [-0.1, -0.05) is 23.7 Å². The first-order chi connectivity index (χ1) is 10.2. The van der Waals surface area contributed by atoms with Crippen LogP contribution in [0.15, 0.2) is 48.5 Å². The summed E-state index contributed by atoms with van der Waals surface area (Å²) in [5.41, 5.74) is 2.14. The minimum absolute atomic E-state index is 0.273. The number of phenols is 1. The number of nitrogens with zero attached hydrogens (tertiary/aromatic N) is 1. The lowest BCUT2D eigenvalue weighted by molar-refractivity contribution is 0.296. The monoisotopic (exact) mass is 301 g/mol. The summed E-state index contributed by atoms with van der Waals surface area (Å²) in [6, 6.07) is 14.9. The van der Waals surface area contributed by atoms with E-state index in [0.29, 0.717) is 17.4 Å². The summed E-state index contributed by atoms with van der Waals surface area (Å²) in [5.74, 6) is 0.948. The van der Waals surface area contributed by atoms with Gasteiger partial charge in [0.25, 0.3) is 0 Å². The SMILES string of the molecule is CCn1c(COc2ccccc2Cl)cc2cc(O)ccc21. The van der Waals surface area contributed by atoms with E-state index in [-0.39, 0.29) is 5.75 Å². The highest BCUT2D eigenvalue weighted by molar-refractivity contribution is 6.32. The average Bonchev–Trinajstić information content (AvgIpc) is 2.82. The number of aromatic nitrogens is 1. The standard InChI is InChI=1S/C17H16ClNO2/c1-2-19-13(9-12-10-14(20)7-8-16(12)19)11-21-17-6-4-3-5-15(17)18/h3-10,20H,2,11H2,1H3. The summed E-state index contributed by atoms with van der Waals surface area (Å²) >= 11 is 6.10. The number of para-hydroxylation sites is 1. The number of aromatic hydroxyl groups is 1. The van der Waals surface area contributed by atoms with E-state index in [1.54, 1.807) is 12.1 Å². The smallest absolute Gasteiger partial charge is 0.138 e. The van der Waals surface area contributed by atoms with Gasteiger partial charge in [0.15, 0.2) is 0 Å². The van der Waals surface area contributed by atoms with Gasteiger partial charge in [0.2, 0.25) is 0 Å². The Kier molecular flexibility index (Phi) is 3.76. The average molecular weight is 302 g/mol. The molecule has 0 fully saturated rings. The van der Waals surface area contributed by atoms with Crippen molar-refractivity contribution in [3.63, 3.8) is 0 Å². The van der Waals surface area contributed by atoms with Crippen molar-refractivity contribution in [3.05, 3.63) is 59.2 Å². The fourth-order valence-corrected chi connectivity index (χ4v) is 2.71. The predicted octanol–water partition coefficient (Wildman–Crippen LogP) is 4.60. The molecule has 2 aromatic carbocycles. The molecule has 0 spiro atoms. The van der Waals surface area contributed by atoms with Crippen molar-refractivity contribution in [1.29, 1.82) is 0 Å². The van der Waals surface area contributed by atoms with Crippen LogP contribution in [0.5, 0.6) is 11.5 Å². The van der Waals surface area contributed by atoms with Crippen molar-refractivity contribution < 1.29 is 9.84 Å². The highest BCUT2D eigenvalue weighted by Crippen LogP contribution is 2.27. The second kappa shape index (κ2) is 5.70. The summed E-state index contributed by atoms with van der Waals surface area (Å²) in [5, 5.41) is 11.2. The van der Waals surface area contributed by atoms with Crippen LogP contribution >= 0.6 is 11.6 Å². The quantitative estimate of drug-likeness (QED) is 0.764. The molecule has 3 aromatic rings. The van der Waals surface area contributed by atoms with Gasteiger partial charge in [0.1, 0.15) is 18.1 Å². The molecule has 1 heterocycles. The predicted molar refractivity (Wildman–Crippen MR) is 85.1 cm³/mol. The van der Waals surface area contributed by atoms with Crippen LogP contribution in [0.25, 0.3) is 10.9 Å². The molecule has 108 valence electrons. The van der Waals surface area contributed by atoms with Crippen LogP contribution in [0.2, 0.25) is 5.02 Å². The van der Waals surface area contributed by atoms with E-state index in [4.69, 9.17) is 16.3 Å². The summed E-state index contributed by atoms with van der Waals surface area (Å²) in [6.07, 6.45) is 0. The zero-order valence-corrected chi connectivity index (χ0v) is 12.5. The first kappa shape index (κ1) is 13.8. The van der Waals surface area contributed by atoms with Gasteiger partial charge >= 0.3 is 0 Å². The molecule has 3 nitrogen and oxygen atoms in total. The molecular weight excluding hydrogens is 286 g/mol. The van der Waals surface area contributed by atoms with Crippen molar-refractivity contribution >= 4 is 22.5 Å². The second-order valence-electron chi connectivity index (χ2n) is 4.84. The molecule has 0 saturated heterocycles. The number of hydrogen-bond acceptors (Lipinski definition) is 2. The molecule has 0 radical (unpaired) electrons. The molecular formula is C17H16ClNO2. The number of halogens is 1. The Bertz CT molecular complexity index is 780. The maximum atomic E-state index is 9.59. The van der Waals surface area contributed by atoms with Crippen molar-refractivity contribution in [2.75, 3.05) is 0 Å². The number of ether oxygens (including phenoxy) is 1. The van der Waals surface area contributed by atoms with E-state index in [1.807, 2.05) is 36.4 Å². The molecule has 1 aromatic heterocycles. The fourth-order valence-electron chi connectivity index (χ4n) is 2.52. The highest BCUT2D eigenvalue weighted by atomic mass is 35.5. The summed E-state index contributed by atoms with van der Waals surface area (Å²) in [4.78, 5) is 0. The molecule has 0 aliphatic heterocycles. The molecule has 0 bridgehead atoms. The van der Waals surface area contributed by atoms with E-state index in [1.165, 1.54) is 0 Å². The van der Waals surface area contributed by atoms with Crippen molar-refractivity contribution in [2.45, 2.75) is 20.1 Å². The molecule has 21 heavy (non-hydrogen) atoms. The number of hydrogen-bond donors (Lipinski definition) is 1. The molecule has 0 unspecified atom stereocenters. The van der Waals surface area contributed by atoms with Gasteiger partial charge in [-0.2, -0.15) is 0 Å². The minimum Gasteiger partial charge on any atom is -0.508 e. The van der Waals surface area contributed by atoms with E-state index in [2.05, 4.69) is 11.5 Å². The Balaban J connectivity index is 1.92. The maximum absolute atomic E-state index is 9.59. The molecule has 0 saturated carbocycles. The van der Waals surface area contributed by atoms with Crippen LogP contribution in [-0.2, 0) is 13.2 Å². The number of fused-ring (bicyclic) bond motifs is 1. The first-order valence-corrected chi connectivity index (χ1v) is 7.25. The van der Waals surface area contributed by atoms with Gasteiger partial charge in [-0.15, -0.1) is 0 Å². The number of rotatable bonds is 4. The molecule has 3 rings (SSSR count). The second-order valence-corrected chi connectivity index (χ2v) is 5.25. The van der Waals surface area contributed by atoms with Gasteiger partial charge in [0.05, 0.1) is 10.7 Å². The summed E-state index contributed by atoms with van der Waals surface area (Å²) in [6.45, 7) is 3.37. The lowest BCUT2D eigenvalue weighted by Crippen LogP contribution is -2.04. The molecule has 0 aliphatic carbocycles. The lowest BCUT2D eigenvalue weighted by Gasteiger charge is -2.10. The van der Waals surface area contributed by atoms with Gasteiger partial charge in [-0.05, 0) is 43.3 Å². The first-order valence-electron chi connectivity index (χ1n) is 6.87. The van der Waals surface area contributed by atoms with E-state index < -0.39 is 0 Å². The van der Waals surface area contributed by atoms with Crippen molar-refractivity contribution in [2.24, 2.45) is 0 Å². The molecule has 0 aliphatic rings. The third-order valence-corrected chi connectivity index (χ3v) is 3.81. The Morgan fingerprint density at radius 1 is 1.14 bits per heavy atom. The normalized spacial score (nSPS) is 11.0. The molecule has 1 N–H and O–H groups in total. The van der Waals surface area contributed by atoms with Crippen molar-refractivity contribution in [1.82, 2.24) is 4.57 Å². The van der Waals surface area contributed by atoms with Gasteiger partial charge in [-0.3, -0.25) is 0 Å². The third kappa shape index (κ3) is 2.69. The zero-order valence-electron chi connectivity index (χ0n) is 11.7. The topological polar surface area (TPSA) is 34.4 Å². The Hall–Kier alpha value is -2.13. The van der Waals surface area contributed by atoms with Gasteiger partial charge < -0.3 is 14.4 Å². The highest BCUT2D eigenvalue weighted by Gasteiger charge is 2.09. The minimum atomic E-state index is 0.273. The van der Waals surface area contributed by atoms with Crippen LogP contribution in [0.3, 0.4) is 0 Å². The van der Waals surface area contributed by atoms with E-state index >= 15 is 0 Å². The Morgan fingerprint density at radius 3 is 2.71 bits per heavy atom. The van der Waals surface area contributed by atoms with Crippen LogP contribution < -0.4 is 4.74 Å². The number of benzene rings is 2. The van der Waals surface area contributed by atoms with Gasteiger partial charge in [0, 0.05) is 17.4 Å². The van der Waals surface area contributed by atoms with Crippen LogP contribution in [-0.4, -0.2) is 9.67 Å². The molecule has 4 heteroatoms. The molecule has 0 atom stereocenters. The van der Waals surface area contributed by atoms with Crippen LogP contribution in [0, 0.1) is 0 Å². The zero-order chi connectivity index (χ0) is 14.8. The maximum Gasteiger partial charge on any atom is 0.138 e. The van der Waals surface area contributed by atoms with E-state index in [9.17, 15) is 5.11 Å². The summed E-state index contributed by atoms with van der Waals surface area (Å²) < 4.78 is 7.98. The van der Waals surface area contributed by atoms with Crippen LogP contribution in [0.4, 0.5) is 0 Å². The number of phenolic OH excluding ortho intramolecular Hbond substituents is 1. The Labute approximate surface area is 128 Å². The largest absolute Gasteiger partial charge is 0.508 e. The molecule has 0 amide bonds. The fraction of sp³-hybridized carbons (Fsp3) is 0.176. The van der Waals surface area contributed by atoms with E-state index in [0.717, 1.165) is 23.1 Å². The third-order valence-electron chi connectivity index (χ3n) is 3.50. The van der Waals surface area contributed by atoms with Crippen LogP contribution in [0.1, 0.15) is 12.6 Å². The van der Waals surface area contributed by atoms with Crippen molar-refractivity contribution in [3.8, 4) is 11.5 Å². The van der Waals surface area contributed by atoms with Gasteiger partial charge in [-0.25, -0.2) is 0 Å².